The minimum atomic E-state index is 0.622. The first-order chi connectivity index (χ1) is 7.75. The number of hydrogen-bond donors (Lipinski definition) is 1. The van der Waals surface area contributed by atoms with Gasteiger partial charge in [0.05, 0.1) is 16.2 Å². The second-order valence-electron chi connectivity index (χ2n) is 3.49. The van der Waals surface area contributed by atoms with Crippen LogP contribution in [-0.4, -0.2) is 15.0 Å². The number of aromatic amines is 1. The van der Waals surface area contributed by atoms with Crippen molar-refractivity contribution < 1.29 is 4.42 Å². The molecule has 4 nitrogen and oxygen atoms in total. The van der Waals surface area contributed by atoms with Crippen LogP contribution in [0, 0.1) is 6.92 Å². The molecule has 1 N–H and O–H groups in total. The van der Waals surface area contributed by atoms with Crippen LogP contribution in [0.4, 0.5) is 0 Å². The number of rotatable bonds is 1. The number of fused-ring (bicyclic) bond motifs is 1. The summed E-state index contributed by atoms with van der Waals surface area (Å²) in [5, 5.41) is 0.622. The van der Waals surface area contributed by atoms with Crippen LogP contribution in [0.1, 0.15) is 5.69 Å². The third kappa shape index (κ3) is 1.31. The van der Waals surface area contributed by atoms with Gasteiger partial charge in [-0.1, -0.05) is 17.7 Å². The number of oxazole rings is 1. The number of aryl methyl sites for hydroxylation is 1. The first kappa shape index (κ1) is 9.42. The highest BCUT2D eigenvalue weighted by Gasteiger charge is 2.12. The molecular formula is C11H8ClN3O. The number of imidazole rings is 1. The van der Waals surface area contributed by atoms with Crippen molar-refractivity contribution in [2.75, 3.05) is 0 Å². The van der Waals surface area contributed by atoms with Crippen molar-refractivity contribution in [2.45, 2.75) is 6.92 Å². The molecular weight excluding hydrogens is 226 g/mol. The molecule has 0 spiro atoms. The Morgan fingerprint density at radius 1 is 1.38 bits per heavy atom. The molecule has 0 aliphatic heterocycles. The number of hydrogen-bond acceptors (Lipinski definition) is 3. The molecule has 0 atom stereocenters. The van der Waals surface area contributed by atoms with Crippen LogP contribution in [0.5, 0.6) is 0 Å². The third-order valence-electron chi connectivity index (χ3n) is 2.42. The molecule has 0 saturated carbocycles. The molecule has 0 fully saturated rings. The highest BCUT2D eigenvalue weighted by atomic mass is 35.5. The van der Waals surface area contributed by atoms with Gasteiger partial charge in [0.2, 0.25) is 0 Å². The SMILES string of the molecule is Cc1ncoc1-c1nc2c(Cl)cccc2[nH]1. The molecule has 3 rings (SSSR count). The van der Waals surface area contributed by atoms with E-state index in [-0.39, 0.29) is 0 Å². The van der Waals surface area contributed by atoms with E-state index in [0.717, 1.165) is 16.7 Å². The molecule has 0 bridgehead atoms. The maximum Gasteiger partial charge on any atom is 0.192 e. The highest BCUT2D eigenvalue weighted by molar-refractivity contribution is 6.34. The average molecular weight is 234 g/mol. The zero-order valence-corrected chi connectivity index (χ0v) is 9.25. The maximum absolute atomic E-state index is 6.04. The summed E-state index contributed by atoms with van der Waals surface area (Å²) in [6, 6.07) is 5.60. The first-order valence-corrected chi connectivity index (χ1v) is 5.18. The summed E-state index contributed by atoms with van der Waals surface area (Å²) in [6.45, 7) is 1.87. The molecule has 2 aromatic heterocycles. The number of benzene rings is 1. The lowest BCUT2D eigenvalue weighted by atomic mass is 10.3. The van der Waals surface area contributed by atoms with Crippen LogP contribution < -0.4 is 0 Å². The first-order valence-electron chi connectivity index (χ1n) is 4.80. The maximum atomic E-state index is 6.04. The number of nitrogens with zero attached hydrogens (tertiary/aromatic N) is 2. The Balaban J connectivity index is 2.27. The monoisotopic (exact) mass is 233 g/mol. The Morgan fingerprint density at radius 2 is 2.25 bits per heavy atom. The van der Waals surface area contributed by atoms with Gasteiger partial charge in [0, 0.05) is 0 Å². The minimum absolute atomic E-state index is 0.622. The Morgan fingerprint density at radius 3 is 2.94 bits per heavy atom. The Labute approximate surface area is 96.3 Å². The predicted molar refractivity (Wildman–Crippen MR) is 61.3 cm³/mol. The van der Waals surface area contributed by atoms with E-state index in [1.807, 2.05) is 25.1 Å². The summed E-state index contributed by atoms with van der Waals surface area (Å²) in [7, 11) is 0. The molecule has 0 radical (unpaired) electrons. The number of aromatic nitrogens is 3. The van der Waals surface area contributed by atoms with Gasteiger partial charge < -0.3 is 9.40 Å². The topological polar surface area (TPSA) is 54.7 Å². The average Bonchev–Trinajstić information content (AvgIpc) is 2.84. The van der Waals surface area contributed by atoms with Gasteiger partial charge in [-0.2, -0.15) is 0 Å². The summed E-state index contributed by atoms with van der Waals surface area (Å²) < 4.78 is 5.27. The summed E-state index contributed by atoms with van der Waals surface area (Å²) in [5.41, 5.74) is 2.43. The molecule has 0 amide bonds. The Bertz CT molecular complexity index is 656. The number of halogens is 1. The van der Waals surface area contributed by atoms with Gasteiger partial charge in [-0.15, -0.1) is 0 Å². The standard InChI is InChI=1S/C11H8ClN3O/c1-6-10(16-5-13-6)11-14-8-4-2-3-7(12)9(8)15-11/h2-5H,1H3,(H,14,15). The fourth-order valence-electron chi connectivity index (χ4n) is 1.63. The molecule has 16 heavy (non-hydrogen) atoms. The van der Waals surface area contributed by atoms with Crippen molar-refractivity contribution in [3.05, 3.63) is 35.3 Å². The van der Waals surface area contributed by atoms with Crippen molar-refractivity contribution in [2.24, 2.45) is 0 Å². The van der Waals surface area contributed by atoms with Crippen molar-refractivity contribution in [1.82, 2.24) is 15.0 Å². The molecule has 0 aliphatic rings. The van der Waals surface area contributed by atoms with Gasteiger partial charge in [-0.05, 0) is 19.1 Å². The molecule has 80 valence electrons. The molecule has 3 aromatic rings. The Kier molecular flexibility index (Phi) is 1.97. The van der Waals surface area contributed by atoms with Crippen molar-refractivity contribution >= 4 is 22.6 Å². The van der Waals surface area contributed by atoms with E-state index >= 15 is 0 Å². The minimum Gasteiger partial charge on any atom is -0.440 e. The quantitative estimate of drug-likeness (QED) is 0.702. The van der Waals surface area contributed by atoms with Gasteiger partial charge in [0.25, 0.3) is 0 Å². The zero-order chi connectivity index (χ0) is 11.1. The van der Waals surface area contributed by atoms with Gasteiger partial charge in [0.1, 0.15) is 5.52 Å². The molecule has 0 unspecified atom stereocenters. The normalized spacial score (nSPS) is 11.1. The second kappa shape index (κ2) is 3.35. The van der Waals surface area contributed by atoms with Crippen LogP contribution in [0.25, 0.3) is 22.6 Å². The van der Waals surface area contributed by atoms with E-state index in [1.165, 1.54) is 6.39 Å². The van der Waals surface area contributed by atoms with Gasteiger partial charge >= 0.3 is 0 Å². The lowest BCUT2D eigenvalue weighted by Crippen LogP contribution is -1.80. The lowest BCUT2D eigenvalue weighted by molar-refractivity contribution is 0.567. The van der Waals surface area contributed by atoms with Crippen molar-refractivity contribution in [3.8, 4) is 11.6 Å². The third-order valence-corrected chi connectivity index (χ3v) is 2.73. The highest BCUT2D eigenvalue weighted by Crippen LogP contribution is 2.26. The lowest BCUT2D eigenvalue weighted by Gasteiger charge is -1.89. The molecule has 1 aromatic carbocycles. The zero-order valence-electron chi connectivity index (χ0n) is 8.49. The Hall–Kier alpha value is -1.81. The largest absolute Gasteiger partial charge is 0.440 e. The van der Waals surface area contributed by atoms with E-state index in [4.69, 9.17) is 16.0 Å². The molecule has 0 aliphatic carbocycles. The number of para-hydroxylation sites is 1. The van der Waals surface area contributed by atoms with Crippen LogP contribution in [-0.2, 0) is 0 Å². The van der Waals surface area contributed by atoms with Crippen LogP contribution in [0.3, 0.4) is 0 Å². The van der Waals surface area contributed by atoms with Crippen LogP contribution in [0.15, 0.2) is 29.0 Å². The van der Waals surface area contributed by atoms with Crippen molar-refractivity contribution in [3.63, 3.8) is 0 Å². The predicted octanol–water partition coefficient (Wildman–Crippen LogP) is 3.18. The number of H-pyrrole nitrogens is 1. The van der Waals surface area contributed by atoms with E-state index < -0.39 is 0 Å². The van der Waals surface area contributed by atoms with E-state index in [2.05, 4.69) is 15.0 Å². The summed E-state index contributed by atoms with van der Waals surface area (Å²) in [5.74, 6) is 1.30. The van der Waals surface area contributed by atoms with Gasteiger partial charge in [0.15, 0.2) is 18.0 Å². The van der Waals surface area contributed by atoms with Crippen LogP contribution >= 0.6 is 11.6 Å². The molecule has 0 saturated heterocycles. The second-order valence-corrected chi connectivity index (χ2v) is 3.90. The van der Waals surface area contributed by atoms with E-state index in [1.54, 1.807) is 0 Å². The summed E-state index contributed by atoms with van der Waals surface area (Å²) >= 11 is 6.04. The van der Waals surface area contributed by atoms with E-state index in [0.29, 0.717) is 16.6 Å². The van der Waals surface area contributed by atoms with Crippen molar-refractivity contribution in [1.29, 1.82) is 0 Å². The molecule has 5 heteroatoms. The number of nitrogens with one attached hydrogen (secondary N) is 1. The van der Waals surface area contributed by atoms with E-state index in [9.17, 15) is 0 Å². The smallest absolute Gasteiger partial charge is 0.192 e. The van der Waals surface area contributed by atoms with Gasteiger partial charge in [-0.3, -0.25) is 0 Å². The summed E-state index contributed by atoms with van der Waals surface area (Å²) in [4.78, 5) is 11.6. The molecule has 2 heterocycles. The summed E-state index contributed by atoms with van der Waals surface area (Å²) in [6.07, 6.45) is 1.40. The van der Waals surface area contributed by atoms with Gasteiger partial charge in [-0.25, -0.2) is 9.97 Å². The fraction of sp³-hybridized carbons (Fsp3) is 0.0909. The fourth-order valence-corrected chi connectivity index (χ4v) is 1.85. The van der Waals surface area contributed by atoms with Crippen LogP contribution in [0.2, 0.25) is 5.02 Å².